The Labute approximate surface area is 231 Å². The largest absolute Gasteiger partial charge is 0.393 e. The molecule has 7 heteroatoms. The zero-order valence-corrected chi connectivity index (χ0v) is 23.4. The highest BCUT2D eigenvalue weighted by Crippen LogP contribution is 2.62. The molecular formula is C32H43N3O4. The van der Waals surface area contributed by atoms with Gasteiger partial charge in [0.05, 0.1) is 23.6 Å². The number of fused-ring (bicyclic) bond motifs is 6. The monoisotopic (exact) mass is 533 g/mol. The van der Waals surface area contributed by atoms with Crippen molar-refractivity contribution in [2.45, 2.75) is 70.8 Å². The van der Waals surface area contributed by atoms with E-state index in [0.29, 0.717) is 30.2 Å². The lowest BCUT2D eigenvalue weighted by atomic mass is 9.68. The fraction of sp³-hybridized carbons (Fsp3) is 0.719. The SMILES string of the molecule is CC(O)C1C(C)C2CC1C1C(=O)N(C[C@H]3CCCC[C@@H]3CN3CCC(c4noc5ccccc45)CC3)C(=O)C21. The second-order valence-corrected chi connectivity index (χ2v) is 13.5. The molecular weight excluding hydrogens is 490 g/mol. The van der Waals surface area contributed by atoms with E-state index in [1.54, 1.807) is 4.90 Å². The minimum Gasteiger partial charge on any atom is -0.393 e. The van der Waals surface area contributed by atoms with Gasteiger partial charge in [0, 0.05) is 24.4 Å². The van der Waals surface area contributed by atoms with Crippen LogP contribution < -0.4 is 0 Å². The molecule has 1 aromatic carbocycles. The summed E-state index contributed by atoms with van der Waals surface area (Å²) in [6.45, 7) is 7.82. The van der Waals surface area contributed by atoms with Crippen LogP contribution in [0.1, 0.15) is 70.4 Å². The van der Waals surface area contributed by atoms with Crippen LogP contribution in [0, 0.1) is 47.3 Å². The molecule has 5 fully saturated rings. The Hall–Kier alpha value is -2.25. The van der Waals surface area contributed by atoms with E-state index in [-0.39, 0.29) is 41.4 Å². The summed E-state index contributed by atoms with van der Waals surface area (Å²) in [5.74, 6) is 2.09. The highest BCUT2D eigenvalue weighted by molar-refractivity contribution is 6.06. The van der Waals surface area contributed by atoms with Crippen LogP contribution in [-0.2, 0) is 9.59 Å². The summed E-state index contributed by atoms with van der Waals surface area (Å²) in [5, 5.41) is 16.0. The van der Waals surface area contributed by atoms with Crippen molar-refractivity contribution in [3.63, 3.8) is 0 Å². The molecule has 1 aromatic heterocycles. The van der Waals surface area contributed by atoms with E-state index in [0.717, 1.165) is 62.0 Å². The Kier molecular flexibility index (Phi) is 6.58. The number of carbonyl (C=O) groups excluding carboxylic acids is 2. The van der Waals surface area contributed by atoms with E-state index in [2.05, 4.69) is 29.1 Å². The molecule has 0 radical (unpaired) electrons. The zero-order valence-electron chi connectivity index (χ0n) is 23.4. The minimum absolute atomic E-state index is 0.0695. The van der Waals surface area contributed by atoms with Gasteiger partial charge in [0.15, 0.2) is 5.58 Å². The van der Waals surface area contributed by atoms with Crippen LogP contribution in [0.5, 0.6) is 0 Å². The smallest absolute Gasteiger partial charge is 0.233 e. The lowest BCUT2D eigenvalue weighted by Gasteiger charge is -2.39. The van der Waals surface area contributed by atoms with Crippen LogP contribution in [0.3, 0.4) is 0 Å². The standard InChI is InChI=1S/C32H43N3O4/c1-18-24-15-25(27(18)19(2)36)29-28(24)31(37)35(32(29)38)17-22-8-4-3-7-21(22)16-34-13-11-20(12-14-34)30-23-9-5-6-10-26(23)39-33-30/h5-6,9-10,18-22,24-25,27-29,36H,3-4,7-8,11-17H2,1-2H3/t18?,19?,21-,22-,24?,25?,27?,28?,29?/m1/s1. The Bertz CT molecular complexity index is 1230. The van der Waals surface area contributed by atoms with E-state index in [9.17, 15) is 14.7 Å². The first-order valence-electron chi connectivity index (χ1n) is 15.5. The van der Waals surface area contributed by atoms with E-state index < -0.39 is 6.10 Å². The molecule has 2 saturated heterocycles. The molecule has 1 N–H and O–H groups in total. The first-order valence-corrected chi connectivity index (χ1v) is 15.5. The summed E-state index contributed by atoms with van der Waals surface area (Å²) >= 11 is 0. The van der Waals surface area contributed by atoms with Crippen LogP contribution in [0.25, 0.3) is 11.0 Å². The normalized spacial score (nSPS) is 38.2. The van der Waals surface area contributed by atoms with Crippen molar-refractivity contribution in [1.82, 2.24) is 15.0 Å². The number of hydrogen-bond acceptors (Lipinski definition) is 6. The third-order valence-electron chi connectivity index (χ3n) is 11.6. The third-order valence-corrected chi connectivity index (χ3v) is 11.6. The molecule has 2 aromatic rings. The molecule has 210 valence electrons. The molecule has 3 heterocycles. The number of hydrogen-bond donors (Lipinski definition) is 1. The summed E-state index contributed by atoms with van der Waals surface area (Å²) < 4.78 is 5.58. The predicted octanol–water partition coefficient (Wildman–Crippen LogP) is 4.70. The van der Waals surface area contributed by atoms with Crippen LogP contribution >= 0.6 is 0 Å². The van der Waals surface area contributed by atoms with Gasteiger partial charge in [-0.15, -0.1) is 0 Å². The second-order valence-electron chi connectivity index (χ2n) is 13.5. The van der Waals surface area contributed by atoms with Gasteiger partial charge < -0.3 is 14.5 Å². The molecule has 9 atom stereocenters. The van der Waals surface area contributed by atoms with Crippen molar-refractivity contribution >= 4 is 22.8 Å². The number of aliphatic hydroxyl groups is 1. The predicted molar refractivity (Wildman–Crippen MR) is 148 cm³/mol. The molecule has 2 amide bonds. The molecule has 2 aliphatic heterocycles. The van der Waals surface area contributed by atoms with Crippen molar-refractivity contribution in [2.24, 2.45) is 47.3 Å². The Morgan fingerprint density at radius 3 is 2.36 bits per heavy atom. The van der Waals surface area contributed by atoms with E-state index >= 15 is 0 Å². The van der Waals surface area contributed by atoms with Crippen LogP contribution in [0.2, 0.25) is 0 Å². The maximum atomic E-state index is 13.7. The number of carbonyl (C=O) groups is 2. The summed E-state index contributed by atoms with van der Waals surface area (Å²) in [6, 6.07) is 8.16. The van der Waals surface area contributed by atoms with E-state index in [1.807, 2.05) is 19.1 Å². The van der Waals surface area contributed by atoms with Crippen molar-refractivity contribution < 1.29 is 19.2 Å². The average Bonchev–Trinajstić information content (AvgIpc) is 3.68. The minimum atomic E-state index is -0.414. The number of rotatable bonds is 6. The highest BCUT2D eigenvalue weighted by atomic mass is 16.5. The maximum absolute atomic E-state index is 13.7. The number of nitrogens with zero attached hydrogens (tertiary/aromatic N) is 3. The molecule has 3 saturated carbocycles. The van der Waals surface area contributed by atoms with Gasteiger partial charge in [-0.3, -0.25) is 14.5 Å². The molecule has 7 rings (SSSR count). The molecule has 3 aliphatic carbocycles. The molecule has 0 spiro atoms. The molecule has 39 heavy (non-hydrogen) atoms. The molecule has 5 aliphatic rings. The number of aliphatic hydroxyl groups excluding tert-OH is 1. The third kappa shape index (κ3) is 4.18. The van der Waals surface area contributed by atoms with Gasteiger partial charge in [0.1, 0.15) is 0 Å². The van der Waals surface area contributed by atoms with Gasteiger partial charge in [-0.25, -0.2) is 0 Å². The number of para-hydroxylation sites is 1. The average molecular weight is 534 g/mol. The molecule has 7 unspecified atom stereocenters. The summed E-state index contributed by atoms with van der Waals surface area (Å²) in [5.41, 5.74) is 1.98. The van der Waals surface area contributed by atoms with Crippen molar-refractivity contribution in [1.29, 1.82) is 0 Å². The lowest BCUT2D eigenvalue weighted by molar-refractivity contribution is -0.142. The fourth-order valence-corrected chi connectivity index (χ4v) is 9.79. The number of piperidine rings is 1. The number of benzene rings is 1. The summed E-state index contributed by atoms with van der Waals surface area (Å²) in [7, 11) is 0. The molecule has 7 nitrogen and oxygen atoms in total. The van der Waals surface area contributed by atoms with Crippen LogP contribution in [-0.4, -0.2) is 64.2 Å². The molecule has 2 bridgehead atoms. The first-order chi connectivity index (χ1) is 18.9. The topological polar surface area (TPSA) is 86.9 Å². The fourth-order valence-electron chi connectivity index (χ4n) is 9.79. The van der Waals surface area contributed by atoms with Crippen molar-refractivity contribution in [3.8, 4) is 0 Å². The highest BCUT2D eigenvalue weighted by Gasteiger charge is 2.66. The van der Waals surface area contributed by atoms with Gasteiger partial charge in [-0.05, 0) is 99.8 Å². The Balaban J connectivity index is 0.993. The maximum Gasteiger partial charge on any atom is 0.233 e. The zero-order chi connectivity index (χ0) is 26.8. The van der Waals surface area contributed by atoms with Crippen molar-refractivity contribution in [3.05, 3.63) is 30.0 Å². The second kappa shape index (κ2) is 9.99. The van der Waals surface area contributed by atoms with Crippen LogP contribution in [0.4, 0.5) is 0 Å². The summed E-state index contributed by atoms with van der Waals surface area (Å²) in [4.78, 5) is 31.6. The number of likely N-dealkylation sites (tertiary alicyclic amines) is 2. The number of amides is 2. The Morgan fingerprint density at radius 1 is 0.974 bits per heavy atom. The lowest BCUT2D eigenvalue weighted by Crippen LogP contribution is -2.44. The first kappa shape index (κ1) is 25.7. The van der Waals surface area contributed by atoms with Gasteiger partial charge in [-0.1, -0.05) is 37.1 Å². The Morgan fingerprint density at radius 2 is 1.64 bits per heavy atom. The number of aromatic nitrogens is 1. The van der Waals surface area contributed by atoms with Gasteiger partial charge >= 0.3 is 0 Å². The van der Waals surface area contributed by atoms with Crippen LogP contribution in [0.15, 0.2) is 28.8 Å². The summed E-state index contributed by atoms with van der Waals surface area (Å²) in [6.07, 6.45) is 7.43. The van der Waals surface area contributed by atoms with E-state index in [1.165, 1.54) is 19.3 Å². The van der Waals surface area contributed by atoms with E-state index in [4.69, 9.17) is 4.52 Å². The quantitative estimate of drug-likeness (QED) is 0.542. The van der Waals surface area contributed by atoms with Gasteiger partial charge in [0.25, 0.3) is 0 Å². The number of imide groups is 1. The van der Waals surface area contributed by atoms with Gasteiger partial charge in [0.2, 0.25) is 11.8 Å². The van der Waals surface area contributed by atoms with Gasteiger partial charge in [-0.2, -0.15) is 0 Å². The van der Waals surface area contributed by atoms with Crippen molar-refractivity contribution in [2.75, 3.05) is 26.2 Å².